The van der Waals surface area contributed by atoms with Gasteiger partial charge in [0, 0.05) is 23.1 Å². The summed E-state index contributed by atoms with van der Waals surface area (Å²) in [6, 6.07) is 37.2. The molecule has 1 N–H and O–H groups in total. The predicted molar refractivity (Wildman–Crippen MR) is 157 cm³/mol. The number of ether oxygens (including phenoxy) is 1. The minimum absolute atomic E-state index is 0.348. The summed E-state index contributed by atoms with van der Waals surface area (Å²) in [5.74, 6) is 0.412. The molecule has 6 rings (SSSR count). The van der Waals surface area contributed by atoms with E-state index in [1.54, 1.807) is 6.08 Å². The van der Waals surface area contributed by atoms with E-state index in [0.717, 1.165) is 51.7 Å². The topological polar surface area (TPSA) is 60.3 Å². The number of hydrogen-bond donors (Lipinski definition) is 1. The summed E-state index contributed by atoms with van der Waals surface area (Å²) in [7, 11) is 0. The Kier molecular flexibility index (Phi) is 7.02. The Bertz CT molecular complexity index is 1670. The molecule has 0 unspecified atom stereocenters. The number of carbonyl (C=O) groups excluding carboxylic acids is 2. The van der Waals surface area contributed by atoms with Gasteiger partial charge in [0.1, 0.15) is 12.4 Å². The third kappa shape index (κ3) is 5.81. The van der Waals surface area contributed by atoms with Crippen molar-refractivity contribution in [1.82, 2.24) is 9.88 Å². The van der Waals surface area contributed by atoms with Gasteiger partial charge in [-0.15, -0.1) is 0 Å². The second-order valence-corrected chi connectivity index (χ2v) is 10.5. The molecule has 39 heavy (non-hydrogen) atoms. The molecule has 0 saturated carbocycles. The Morgan fingerprint density at radius 2 is 1.41 bits per heavy atom. The Morgan fingerprint density at radius 3 is 2.10 bits per heavy atom. The van der Waals surface area contributed by atoms with E-state index in [4.69, 9.17) is 4.74 Å². The molecule has 4 aromatic carbocycles. The first-order chi connectivity index (χ1) is 19.1. The fraction of sp³-hybridized carbons (Fsp3) is 0.0909. The molecule has 0 radical (unpaired) electrons. The highest BCUT2D eigenvalue weighted by Crippen LogP contribution is 2.31. The molecule has 6 heteroatoms. The van der Waals surface area contributed by atoms with Crippen LogP contribution in [0.1, 0.15) is 27.9 Å². The highest BCUT2D eigenvalue weighted by atomic mass is 32.2. The van der Waals surface area contributed by atoms with Gasteiger partial charge in [-0.2, -0.15) is 0 Å². The van der Waals surface area contributed by atoms with Crippen molar-refractivity contribution in [3.8, 4) is 5.75 Å². The van der Waals surface area contributed by atoms with Crippen LogP contribution in [0.3, 0.4) is 0 Å². The van der Waals surface area contributed by atoms with Crippen molar-refractivity contribution < 1.29 is 14.3 Å². The van der Waals surface area contributed by atoms with Crippen molar-refractivity contribution in [1.29, 1.82) is 0 Å². The molecule has 5 aromatic rings. The Hall–Kier alpha value is -4.55. The molecule has 1 aromatic heterocycles. The summed E-state index contributed by atoms with van der Waals surface area (Å²) >= 11 is 0.929. The molecule has 2 amide bonds. The SMILES string of the molecule is O=C1NC(=O)/C(=C\c2cc3cc(OCc4ccccc4)ccc3n2Cc2ccc(Cc3ccccc3)cc2)S1. The predicted octanol–water partition coefficient (Wildman–Crippen LogP) is 7.18. The largest absolute Gasteiger partial charge is 0.489 e. The van der Waals surface area contributed by atoms with Crippen LogP contribution in [0.25, 0.3) is 17.0 Å². The van der Waals surface area contributed by atoms with Gasteiger partial charge in [-0.1, -0.05) is 84.9 Å². The maximum Gasteiger partial charge on any atom is 0.290 e. The molecule has 192 valence electrons. The van der Waals surface area contributed by atoms with Crippen LogP contribution in [0.5, 0.6) is 5.75 Å². The zero-order valence-electron chi connectivity index (χ0n) is 21.2. The van der Waals surface area contributed by atoms with E-state index in [0.29, 0.717) is 18.1 Å². The zero-order chi connectivity index (χ0) is 26.6. The quantitative estimate of drug-likeness (QED) is 0.216. The molecule has 1 saturated heterocycles. The van der Waals surface area contributed by atoms with Gasteiger partial charge in [-0.05, 0) is 70.8 Å². The molecule has 0 bridgehead atoms. The van der Waals surface area contributed by atoms with E-state index in [1.165, 1.54) is 11.1 Å². The van der Waals surface area contributed by atoms with E-state index >= 15 is 0 Å². The minimum Gasteiger partial charge on any atom is -0.489 e. The van der Waals surface area contributed by atoms with Crippen LogP contribution >= 0.6 is 11.8 Å². The maximum atomic E-state index is 12.3. The highest BCUT2D eigenvalue weighted by Gasteiger charge is 2.25. The fourth-order valence-electron chi connectivity index (χ4n) is 4.73. The summed E-state index contributed by atoms with van der Waals surface area (Å²) in [6.07, 6.45) is 2.68. The van der Waals surface area contributed by atoms with Gasteiger partial charge >= 0.3 is 0 Å². The van der Waals surface area contributed by atoms with Crippen LogP contribution in [0.15, 0.2) is 114 Å². The Morgan fingerprint density at radius 1 is 0.744 bits per heavy atom. The average Bonchev–Trinajstić information content (AvgIpc) is 3.46. The molecule has 0 spiro atoms. The van der Waals surface area contributed by atoms with Crippen molar-refractivity contribution in [2.45, 2.75) is 19.6 Å². The van der Waals surface area contributed by atoms with Crippen LogP contribution in [-0.4, -0.2) is 15.7 Å². The van der Waals surface area contributed by atoms with Crippen molar-refractivity contribution in [2.75, 3.05) is 0 Å². The van der Waals surface area contributed by atoms with Gasteiger partial charge in [0.05, 0.1) is 4.91 Å². The molecule has 0 atom stereocenters. The lowest BCUT2D eigenvalue weighted by Crippen LogP contribution is -2.17. The van der Waals surface area contributed by atoms with Crippen LogP contribution in [0.2, 0.25) is 0 Å². The first-order valence-corrected chi connectivity index (χ1v) is 13.6. The number of rotatable bonds is 8. The van der Waals surface area contributed by atoms with Crippen LogP contribution in [0, 0.1) is 0 Å². The van der Waals surface area contributed by atoms with Crippen LogP contribution < -0.4 is 10.1 Å². The van der Waals surface area contributed by atoms with Gasteiger partial charge in [-0.25, -0.2) is 0 Å². The molecular formula is C33H26N2O3S. The summed E-state index contributed by atoms with van der Waals surface area (Å²) in [5.41, 5.74) is 6.66. The number of amides is 2. The van der Waals surface area contributed by atoms with Crippen molar-refractivity contribution in [3.63, 3.8) is 0 Å². The van der Waals surface area contributed by atoms with Crippen molar-refractivity contribution in [3.05, 3.63) is 142 Å². The van der Waals surface area contributed by atoms with Gasteiger partial charge < -0.3 is 9.30 Å². The summed E-state index contributed by atoms with van der Waals surface area (Å²) < 4.78 is 8.23. The molecular weight excluding hydrogens is 504 g/mol. The molecule has 0 aliphatic carbocycles. The van der Waals surface area contributed by atoms with Crippen LogP contribution in [-0.2, 0) is 24.4 Å². The number of nitrogens with one attached hydrogen (secondary N) is 1. The average molecular weight is 531 g/mol. The van der Waals surface area contributed by atoms with Crippen LogP contribution in [0.4, 0.5) is 4.79 Å². The van der Waals surface area contributed by atoms with Gasteiger partial charge in [0.15, 0.2) is 0 Å². The first kappa shape index (κ1) is 24.8. The number of carbonyl (C=O) groups is 2. The number of nitrogens with zero attached hydrogens (tertiary/aromatic N) is 1. The maximum absolute atomic E-state index is 12.3. The number of imide groups is 1. The third-order valence-electron chi connectivity index (χ3n) is 6.69. The second-order valence-electron chi connectivity index (χ2n) is 9.48. The minimum atomic E-state index is -0.362. The highest BCUT2D eigenvalue weighted by molar-refractivity contribution is 8.18. The monoisotopic (exact) mass is 530 g/mol. The van der Waals surface area contributed by atoms with Crippen molar-refractivity contribution in [2.24, 2.45) is 0 Å². The van der Waals surface area contributed by atoms with E-state index < -0.39 is 0 Å². The Labute approximate surface area is 231 Å². The number of hydrogen-bond acceptors (Lipinski definition) is 4. The zero-order valence-corrected chi connectivity index (χ0v) is 22.0. The summed E-state index contributed by atoms with van der Waals surface area (Å²) in [5, 5.41) is 3.00. The summed E-state index contributed by atoms with van der Waals surface area (Å²) in [4.78, 5) is 24.4. The third-order valence-corrected chi connectivity index (χ3v) is 7.50. The molecule has 1 fully saturated rings. The number of benzene rings is 4. The fourth-order valence-corrected chi connectivity index (χ4v) is 5.40. The van der Waals surface area contributed by atoms with Gasteiger partial charge in [-0.3, -0.25) is 14.9 Å². The normalized spacial score (nSPS) is 14.2. The number of aromatic nitrogens is 1. The lowest BCUT2D eigenvalue weighted by atomic mass is 10.0. The van der Waals surface area contributed by atoms with Gasteiger partial charge in [0.25, 0.3) is 11.1 Å². The summed E-state index contributed by atoms with van der Waals surface area (Å²) in [6.45, 7) is 1.11. The molecule has 1 aliphatic heterocycles. The first-order valence-electron chi connectivity index (χ1n) is 12.8. The second kappa shape index (κ2) is 11.1. The Balaban J connectivity index is 1.30. The van der Waals surface area contributed by atoms with E-state index in [9.17, 15) is 9.59 Å². The standard InChI is InChI=1S/C33H26N2O3S/c36-32-31(39-33(37)34-32)20-28-18-27-19-29(38-22-26-9-5-2-6-10-26)15-16-30(27)35(28)21-25-13-11-24(12-14-25)17-23-7-3-1-4-8-23/h1-16,18-20H,17,21-22H2,(H,34,36,37)/b31-20+. The van der Waals surface area contributed by atoms with E-state index in [2.05, 4.69) is 64.5 Å². The van der Waals surface area contributed by atoms with Gasteiger partial charge in [0.2, 0.25) is 0 Å². The lowest BCUT2D eigenvalue weighted by molar-refractivity contribution is -0.115. The van der Waals surface area contributed by atoms with E-state index in [1.807, 2.05) is 54.6 Å². The number of fused-ring (bicyclic) bond motifs is 1. The molecule has 1 aliphatic rings. The lowest BCUT2D eigenvalue weighted by Gasteiger charge is -2.11. The number of thioether (sulfide) groups is 1. The molecule has 2 heterocycles. The van der Waals surface area contributed by atoms with E-state index in [-0.39, 0.29) is 11.1 Å². The smallest absolute Gasteiger partial charge is 0.290 e. The molecule has 5 nitrogen and oxygen atoms in total. The van der Waals surface area contributed by atoms with Crippen molar-refractivity contribution >= 4 is 39.9 Å².